The molecule has 2 heteroatoms. The van der Waals surface area contributed by atoms with Crippen molar-refractivity contribution < 1.29 is 0 Å². The molecule has 0 saturated heterocycles. The molecule has 0 aliphatic heterocycles. The van der Waals surface area contributed by atoms with Gasteiger partial charge in [-0.25, -0.2) is 0 Å². The van der Waals surface area contributed by atoms with Gasteiger partial charge in [0, 0.05) is 0 Å². The summed E-state index contributed by atoms with van der Waals surface area (Å²) in [5.74, 6) is 0. The van der Waals surface area contributed by atoms with Crippen LogP contribution in [0.5, 0.6) is 0 Å². The van der Waals surface area contributed by atoms with Crippen molar-refractivity contribution in [2.24, 2.45) is 0 Å². The van der Waals surface area contributed by atoms with Gasteiger partial charge < -0.3 is 0 Å². The molecule has 1 aromatic carbocycles. The molecule has 1 atom stereocenters. The van der Waals surface area contributed by atoms with E-state index in [0.717, 1.165) is 0 Å². The molecule has 1 rings (SSSR count). The molecular formula is C8H10BrP. The Bertz CT molecular complexity index is 203. The number of hydrogen-bond donors (Lipinski definition) is 0. The van der Waals surface area contributed by atoms with Gasteiger partial charge in [-0.2, -0.15) is 0 Å². The predicted molar refractivity (Wildman–Crippen MR) is 52.6 cm³/mol. The second kappa shape index (κ2) is 3.50. The van der Waals surface area contributed by atoms with Crippen molar-refractivity contribution in [2.75, 3.05) is 6.66 Å². The molecule has 0 saturated carbocycles. The lowest BCUT2D eigenvalue weighted by Gasteiger charge is -2.02. The molecule has 0 N–H and O–H groups in total. The van der Waals surface area contributed by atoms with Gasteiger partial charge in [0.05, 0.1) is 0 Å². The minimum absolute atomic E-state index is 0.0955. The van der Waals surface area contributed by atoms with Crippen LogP contribution in [0.3, 0.4) is 0 Å². The van der Waals surface area contributed by atoms with Crippen LogP contribution in [0, 0.1) is 6.92 Å². The van der Waals surface area contributed by atoms with Crippen LogP contribution in [-0.4, -0.2) is 6.66 Å². The van der Waals surface area contributed by atoms with E-state index in [1.807, 2.05) is 0 Å². The van der Waals surface area contributed by atoms with E-state index >= 15 is 0 Å². The quantitative estimate of drug-likeness (QED) is 0.634. The lowest BCUT2D eigenvalue weighted by Crippen LogP contribution is -1.93. The van der Waals surface area contributed by atoms with Crippen LogP contribution in [0.1, 0.15) is 5.56 Å². The van der Waals surface area contributed by atoms with E-state index in [1.165, 1.54) is 10.9 Å². The fraction of sp³-hybridized carbons (Fsp3) is 0.250. The van der Waals surface area contributed by atoms with Gasteiger partial charge in [-0.3, -0.25) is 0 Å². The summed E-state index contributed by atoms with van der Waals surface area (Å²) in [7, 11) is 0. The third-order valence-corrected chi connectivity index (χ3v) is 3.63. The highest BCUT2D eigenvalue weighted by Gasteiger charge is 1.96. The van der Waals surface area contributed by atoms with Gasteiger partial charge in [-0.15, -0.1) is 0 Å². The molecule has 0 bridgehead atoms. The highest BCUT2D eigenvalue weighted by Crippen LogP contribution is 2.37. The van der Waals surface area contributed by atoms with Crippen LogP contribution in [0.4, 0.5) is 0 Å². The number of halogens is 1. The zero-order valence-electron chi connectivity index (χ0n) is 6.13. The molecule has 54 valence electrons. The van der Waals surface area contributed by atoms with E-state index in [1.54, 1.807) is 0 Å². The molecule has 0 aliphatic rings. The van der Waals surface area contributed by atoms with Gasteiger partial charge in [0.15, 0.2) is 0 Å². The average molecular weight is 217 g/mol. The molecule has 0 radical (unpaired) electrons. The standard InChI is InChI=1S/C8H10BrP/c1-7-3-5-8(6-4-7)10(2)9/h3-6H,1-2H3. The first kappa shape index (κ1) is 8.23. The molecule has 0 amide bonds. The summed E-state index contributed by atoms with van der Waals surface area (Å²) in [5.41, 5.74) is 1.33. The lowest BCUT2D eigenvalue weighted by atomic mass is 10.2. The topological polar surface area (TPSA) is 0 Å². The van der Waals surface area contributed by atoms with Gasteiger partial charge in [0.25, 0.3) is 0 Å². The maximum Gasteiger partial charge on any atom is -0.00770 e. The number of hydrogen-bond acceptors (Lipinski definition) is 0. The van der Waals surface area contributed by atoms with Crippen molar-refractivity contribution in [3.8, 4) is 0 Å². The van der Waals surface area contributed by atoms with Crippen LogP contribution in [0.25, 0.3) is 0 Å². The van der Waals surface area contributed by atoms with E-state index in [4.69, 9.17) is 0 Å². The molecule has 0 nitrogen and oxygen atoms in total. The first-order chi connectivity index (χ1) is 4.70. The van der Waals surface area contributed by atoms with Gasteiger partial charge in [-0.05, 0) is 25.5 Å². The molecule has 0 fully saturated rings. The zero-order valence-corrected chi connectivity index (χ0v) is 8.62. The van der Waals surface area contributed by atoms with Crippen LogP contribution in [0.2, 0.25) is 0 Å². The SMILES string of the molecule is Cc1ccc(P(C)Br)cc1. The van der Waals surface area contributed by atoms with Gasteiger partial charge in [0.1, 0.15) is 0 Å². The second-order valence-corrected chi connectivity index (χ2v) is 6.98. The van der Waals surface area contributed by atoms with Crippen molar-refractivity contribution in [3.05, 3.63) is 29.8 Å². The third kappa shape index (κ3) is 2.07. The largest absolute Gasteiger partial charge is 0.0587 e. The summed E-state index contributed by atoms with van der Waals surface area (Å²) in [6, 6.07) is 8.65. The predicted octanol–water partition coefficient (Wildman–Crippen LogP) is 3.04. The first-order valence-corrected chi connectivity index (χ1v) is 6.97. The van der Waals surface area contributed by atoms with E-state index in [-0.39, 0.29) is 6.62 Å². The van der Waals surface area contributed by atoms with Gasteiger partial charge in [-0.1, -0.05) is 45.3 Å². The minimum atomic E-state index is -0.0955. The van der Waals surface area contributed by atoms with E-state index < -0.39 is 0 Å². The van der Waals surface area contributed by atoms with Crippen LogP contribution < -0.4 is 5.30 Å². The Labute approximate surface area is 71.1 Å². The molecule has 0 aromatic heterocycles. The summed E-state index contributed by atoms with van der Waals surface area (Å²) in [5, 5.41) is 1.40. The Morgan fingerprint density at radius 2 is 1.70 bits per heavy atom. The van der Waals surface area contributed by atoms with E-state index in [9.17, 15) is 0 Å². The van der Waals surface area contributed by atoms with Crippen LogP contribution >= 0.6 is 22.1 Å². The van der Waals surface area contributed by atoms with Gasteiger partial charge >= 0.3 is 0 Å². The maximum atomic E-state index is 3.57. The molecular weight excluding hydrogens is 207 g/mol. The first-order valence-electron chi connectivity index (χ1n) is 3.16. The smallest absolute Gasteiger partial charge is 0.00770 e. The summed E-state index contributed by atoms with van der Waals surface area (Å²) in [4.78, 5) is 0. The van der Waals surface area contributed by atoms with E-state index in [2.05, 4.69) is 53.3 Å². The zero-order chi connectivity index (χ0) is 7.56. The Morgan fingerprint density at radius 3 is 2.10 bits per heavy atom. The molecule has 1 unspecified atom stereocenters. The van der Waals surface area contributed by atoms with Crippen molar-refractivity contribution in [1.82, 2.24) is 0 Å². The Hall–Kier alpha value is 0.130. The number of rotatable bonds is 1. The van der Waals surface area contributed by atoms with Crippen molar-refractivity contribution in [1.29, 1.82) is 0 Å². The molecule has 0 heterocycles. The highest BCUT2D eigenvalue weighted by molar-refractivity contribution is 9.40. The summed E-state index contributed by atoms with van der Waals surface area (Å²) in [6.45, 7) is 4.21. The summed E-state index contributed by atoms with van der Waals surface area (Å²) >= 11 is 3.57. The van der Waals surface area contributed by atoms with Gasteiger partial charge in [0.2, 0.25) is 0 Å². The molecule has 10 heavy (non-hydrogen) atoms. The minimum Gasteiger partial charge on any atom is -0.0587 e. The molecule has 1 aromatic rings. The van der Waals surface area contributed by atoms with Crippen LogP contribution in [0.15, 0.2) is 24.3 Å². The lowest BCUT2D eigenvalue weighted by molar-refractivity contribution is 1.49. The maximum absolute atomic E-state index is 3.57. The monoisotopic (exact) mass is 216 g/mol. The molecule has 0 spiro atoms. The average Bonchev–Trinajstić information content (AvgIpc) is 1.88. The number of benzene rings is 1. The molecule has 0 aliphatic carbocycles. The van der Waals surface area contributed by atoms with Crippen LogP contribution in [-0.2, 0) is 0 Å². The normalized spacial score (nSPS) is 13.1. The van der Waals surface area contributed by atoms with Crippen molar-refractivity contribution in [2.45, 2.75) is 6.92 Å². The number of aryl methyl sites for hydroxylation is 1. The fourth-order valence-corrected chi connectivity index (χ4v) is 2.02. The fourth-order valence-electron chi connectivity index (χ4n) is 0.750. The second-order valence-electron chi connectivity index (χ2n) is 2.31. The summed E-state index contributed by atoms with van der Waals surface area (Å²) in [6.07, 6.45) is 0. The van der Waals surface area contributed by atoms with Crippen molar-refractivity contribution >= 4 is 27.4 Å². The summed E-state index contributed by atoms with van der Waals surface area (Å²) < 4.78 is 0. The Balaban J connectivity index is 2.89. The van der Waals surface area contributed by atoms with Crippen molar-refractivity contribution in [3.63, 3.8) is 0 Å². The Morgan fingerprint density at radius 1 is 1.20 bits per heavy atom. The van der Waals surface area contributed by atoms with E-state index in [0.29, 0.717) is 0 Å². The third-order valence-electron chi connectivity index (χ3n) is 1.39. The Kier molecular flexibility index (Phi) is 2.88. The highest BCUT2D eigenvalue weighted by atomic mass is 79.9.